The molecular formula is C6H11NO3. The molecule has 0 aromatic carbocycles. The van der Waals surface area contributed by atoms with Gasteiger partial charge in [0.25, 0.3) is 0 Å². The average molecular weight is 145 g/mol. The van der Waals surface area contributed by atoms with Gasteiger partial charge >= 0.3 is 0 Å². The molecule has 1 saturated heterocycles. The number of carbonyl (C=O) groups is 1. The summed E-state index contributed by atoms with van der Waals surface area (Å²) in [5.74, 6) is 0. The molecule has 58 valence electrons. The highest BCUT2D eigenvalue weighted by Gasteiger charge is 2.19. The van der Waals surface area contributed by atoms with Crippen molar-refractivity contribution in [2.24, 2.45) is 0 Å². The van der Waals surface area contributed by atoms with Crippen molar-refractivity contribution in [3.63, 3.8) is 0 Å². The van der Waals surface area contributed by atoms with Crippen molar-refractivity contribution in [3.05, 3.63) is 0 Å². The van der Waals surface area contributed by atoms with Crippen LogP contribution in [0.2, 0.25) is 0 Å². The van der Waals surface area contributed by atoms with Crippen LogP contribution in [0.1, 0.15) is 6.42 Å². The van der Waals surface area contributed by atoms with Crippen molar-refractivity contribution < 1.29 is 14.6 Å². The molecule has 0 saturated carbocycles. The second-order valence-corrected chi connectivity index (χ2v) is 2.41. The molecule has 0 aliphatic carbocycles. The predicted molar refractivity (Wildman–Crippen MR) is 34.4 cm³/mol. The first-order valence-electron chi connectivity index (χ1n) is 3.28. The minimum atomic E-state index is -0.425. The van der Waals surface area contributed by atoms with Gasteiger partial charge < -0.3 is 15.2 Å². The lowest BCUT2D eigenvalue weighted by atomic mass is 10.1. The summed E-state index contributed by atoms with van der Waals surface area (Å²) >= 11 is 0. The Balaban J connectivity index is 2.24. The van der Waals surface area contributed by atoms with Crippen LogP contribution in [-0.2, 0) is 9.53 Å². The van der Waals surface area contributed by atoms with Gasteiger partial charge in [0.2, 0.25) is 6.41 Å². The van der Waals surface area contributed by atoms with Crippen LogP contribution in [0.25, 0.3) is 0 Å². The molecular weight excluding hydrogens is 134 g/mol. The fourth-order valence-electron chi connectivity index (χ4n) is 1.02. The van der Waals surface area contributed by atoms with Crippen molar-refractivity contribution in [2.75, 3.05) is 13.2 Å². The summed E-state index contributed by atoms with van der Waals surface area (Å²) in [6, 6.07) is -0.0127. The summed E-state index contributed by atoms with van der Waals surface area (Å²) < 4.78 is 4.98. The Morgan fingerprint density at radius 1 is 1.60 bits per heavy atom. The van der Waals surface area contributed by atoms with Crippen LogP contribution in [0.3, 0.4) is 0 Å². The normalized spacial score (nSPS) is 33.3. The first-order chi connectivity index (χ1) is 4.83. The number of aliphatic hydroxyl groups excluding tert-OH is 1. The van der Waals surface area contributed by atoms with E-state index in [0.717, 1.165) is 0 Å². The standard InChI is InChI=1S/C6H11NO3/c8-4-7-5-1-6(9)3-10-2-5/h4-6,9H,1-3H2,(H,7,8). The van der Waals surface area contributed by atoms with Gasteiger partial charge in [-0.2, -0.15) is 0 Å². The Morgan fingerprint density at radius 3 is 3.00 bits per heavy atom. The van der Waals surface area contributed by atoms with Crippen LogP contribution in [-0.4, -0.2) is 36.9 Å². The van der Waals surface area contributed by atoms with Crippen LogP contribution in [0.4, 0.5) is 0 Å². The second-order valence-electron chi connectivity index (χ2n) is 2.41. The van der Waals surface area contributed by atoms with Crippen molar-refractivity contribution in [1.29, 1.82) is 0 Å². The minimum absolute atomic E-state index is 0.0127. The number of aliphatic hydroxyl groups is 1. The molecule has 1 aliphatic rings. The second kappa shape index (κ2) is 3.53. The van der Waals surface area contributed by atoms with Gasteiger partial charge in [0.05, 0.1) is 25.4 Å². The Hall–Kier alpha value is -0.610. The third-order valence-corrected chi connectivity index (χ3v) is 1.49. The molecule has 4 heteroatoms. The molecule has 1 heterocycles. The number of ether oxygens (including phenoxy) is 1. The quantitative estimate of drug-likeness (QED) is 0.484. The van der Waals surface area contributed by atoms with E-state index in [1.54, 1.807) is 0 Å². The van der Waals surface area contributed by atoms with Crippen molar-refractivity contribution in [2.45, 2.75) is 18.6 Å². The van der Waals surface area contributed by atoms with Gasteiger partial charge in [-0.3, -0.25) is 4.79 Å². The van der Waals surface area contributed by atoms with Crippen LogP contribution < -0.4 is 5.32 Å². The van der Waals surface area contributed by atoms with Gasteiger partial charge in [-0.05, 0) is 6.42 Å². The summed E-state index contributed by atoms with van der Waals surface area (Å²) in [5, 5.41) is 11.6. The van der Waals surface area contributed by atoms with Gasteiger partial charge in [-0.1, -0.05) is 0 Å². The van der Waals surface area contributed by atoms with Crippen LogP contribution in [0.5, 0.6) is 0 Å². The molecule has 10 heavy (non-hydrogen) atoms. The van der Waals surface area contributed by atoms with E-state index >= 15 is 0 Å². The molecule has 1 rings (SSSR count). The highest BCUT2D eigenvalue weighted by molar-refractivity contribution is 5.46. The number of amides is 1. The summed E-state index contributed by atoms with van der Waals surface area (Å²) in [6.45, 7) is 0.896. The van der Waals surface area contributed by atoms with E-state index in [1.165, 1.54) is 0 Å². The maximum atomic E-state index is 9.93. The van der Waals surface area contributed by atoms with E-state index in [0.29, 0.717) is 26.0 Å². The van der Waals surface area contributed by atoms with Crippen molar-refractivity contribution in [3.8, 4) is 0 Å². The average Bonchev–Trinajstić information content (AvgIpc) is 1.88. The highest BCUT2D eigenvalue weighted by atomic mass is 16.5. The highest BCUT2D eigenvalue weighted by Crippen LogP contribution is 2.05. The fraction of sp³-hybridized carbons (Fsp3) is 0.833. The zero-order valence-corrected chi connectivity index (χ0v) is 5.62. The molecule has 2 atom stereocenters. The van der Waals surface area contributed by atoms with Crippen LogP contribution in [0.15, 0.2) is 0 Å². The maximum Gasteiger partial charge on any atom is 0.207 e. The van der Waals surface area contributed by atoms with Gasteiger partial charge in [-0.15, -0.1) is 0 Å². The third-order valence-electron chi connectivity index (χ3n) is 1.49. The molecule has 4 nitrogen and oxygen atoms in total. The lowest BCUT2D eigenvalue weighted by molar-refractivity contribution is -0.111. The number of hydrogen-bond donors (Lipinski definition) is 2. The number of hydrogen-bond acceptors (Lipinski definition) is 3. The monoisotopic (exact) mass is 145 g/mol. The Bertz CT molecular complexity index is 118. The number of carbonyl (C=O) groups excluding carboxylic acids is 1. The van der Waals surface area contributed by atoms with E-state index in [4.69, 9.17) is 9.84 Å². The molecule has 0 radical (unpaired) electrons. The molecule has 0 aromatic rings. The minimum Gasteiger partial charge on any atom is -0.391 e. The van der Waals surface area contributed by atoms with E-state index in [9.17, 15) is 4.79 Å². The van der Waals surface area contributed by atoms with Crippen LogP contribution >= 0.6 is 0 Å². The van der Waals surface area contributed by atoms with Crippen LogP contribution in [0, 0.1) is 0 Å². The van der Waals surface area contributed by atoms with E-state index in [-0.39, 0.29) is 6.04 Å². The summed E-state index contributed by atoms with van der Waals surface area (Å²) in [6.07, 6.45) is 0.802. The molecule has 1 fully saturated rings. The molecule has 2 N–H and O–H groups in total. The van der Waals surface area contributed by atoms with Gasteiger partial charge in [0.1, 0.15) is 0 Å². The zero-order valence-electron chi connectivity index (χ0n) is 5.62. The van der Waals surface area contributed by atoms with E-state index in [2.05, 4.69) is 5.32 Å². The van der Waals surface area contributed by atoms with Gasteiger partial charge in [-0.25, -0.2) is 0 Å². The maximum absolute atomic E-state index is 9.93. The fourth-order valence-corrected chi connectivity index (χ4v) is 1.02. The molecule has 0 bridgehead atoms. The summed E-state index contributed by atoms with van der Waals surface area (Å²) in [5.41, 5.74) is 0. The first kappa shape index (κ1) is 7.50. The SMILES string of the molecule is O=CNC1COCC(O)C1. The topological polar surface area (TPSA) is 58.6 Å². The third kappa shape index (κ3) is 1.97. The Labute approximate surface area is 59.2 Å². The number of rotatable bonds is 2. The van der Waals surface area contributed by atoms with Gasteiger partial charge in [0, 0.05) is 0 Å². The van der Waals surface area contributed by atoms with E-state index in [1.807, 2.05) is 0 Å². The molecule has 1 aliphatic heterocycles. The van der Waals surface area contributed by atoms with Crippen molar-refractivity contribution >= 4 is 6.41 Å². The molecule has 0 spiro atoms. The Morgan fingerprint density at radius 2 is 2.40 bits per heavy atom. The van der Waals surface area contributed by atoms with Crippen molar-refractivity contribution in [1.82, 2.24) is 5.32 Å². The molecule has 0 aromatic heterocycles. The lowest BCUT2D eigenvalue weighted by Crippen LogP contribution is -2.41. The Kier molecular flexibility index (Phi) is 2.65. The largest absolute Gasteiger partial charge is 0.391 e. The lowest BCUT2D eigenvalue weighted by Gasteiger charge is -2.25. The van der Waals surface area contributed by atoms with E-state index < -0.39 is 6.10 Å². The zero-order chi connectivity index (χ0) is 7.40. The smallest absolute Gasteiger partial charge is 0.207 e. The number of nitrogens with one attached hydrogen (secondary N) is 1. The summed E-state index contributed by atoms with van der Waals surface area (Å²) in [4.78, 5) is 9.93. The first-order valence-corrected chi connectivity index (χ1v) is 3.28. The molecule has 2 unspecified atom stereocenters. The van der Waals surface area contributed by atoms with Gasteiger partial charge in [0.15, 0.2) is 0 Å². The summed E-state index contributed by atoms with van der Waals surface area (Å²) in [7, 11) is 0. The molecule has 1 amide bonds. The predicted octanol–water partition coefficient (Wildman–Crippen LogP) is -1.12.